The molecule has 0 aromatic carbocycles. The predicted molar refractivity (Wildman–Crippen MR) is 60.9 cm³/mol. The molecule has 0 unspecified atom stereocenters. The highest BCUT2D eigenvalue weighted by Crippen LogP contribution is 2.11. The van der Waals surface area contributed by atoms with E-state index in [0.717, 1.165) is 19.0 Å². The summed E-state index contributed by atoms with van der Waals surface area (Å²) < 4.78 is 15.0. The van der Waals surface area contributed by atoms with E-state index in [9.17, 15) is 9.18 Å². The van der Waals surface area contributed by atoms with Gasteiger partial charge >= 0.3 is 0 Å². The normalized spacial score (nSPS) is 10.9. The summed E-state index contributed by atoms with van der Waals surface area (Å²) in [5.41, 5.74) is -0.272. The van der Waals surface area contributed by atoms with Crippen molar-refractivity contribution in [1.82, 2.24) is 9.55 Å². The topological polar surface area (TPSA) is 34.9 Å². The molecule has 3 nitrogen and oxygen atoms in total. The summed E-state index contributed by atoms with van der Waals surface area (Å²) in [5, 5.41) is 0.686. The maximum atomic E-state index is 13.5. The Morgan fingerprint density at radius 3 is 3.00 bits per heavy atom. The summed E-state index contributed by atoms with van der Waals surface area (Å²) in [7, 11) is 0. The number of unbranched alkanes of at least 4 members (excludes halogenated alkanes) is 1. The lowest BCUT2D eigenvalue weighted by Gasteiger charge is -2.06. The molecule has 0 amide bonds. The largest absolute Gasteiger partial charge is 0.315 e. The number of nitrogens with zero attached hydrogens (tertiary/aromatic N) is 2. The summed E-state index contributed by atoms with van der Waals surface area (Å²) in [6.45, 7) is 2.68. The van der Waals surface area contributed by atoms with Crippen LogP contribution in [0.4, 0.5) is 4.39 Å². The highest BCUT2D eigenvalue weighted by Gasteiger charge is 2.07. The Labute approximate surface area is 92.5 Å². The molecule has 84 valence electrons. The van der Waals surface area contributed by atoms with E-state index in [2.05, 4.69) is 11.9 Å². The minimum absolute atomic E-state index is 0.133. The fourth-order valence-electron chi connectivity index (χ4n) is 1.69. The zero-order valence-electron chi connectivity index (χ0n) is 9.11. The van der Waals surface area contributed by atoms with E-state index < -0.39 is 5.82 Å². The van der Waals surface area contributed by atoms with Crippen LogP contribution in [0.5, 0.6) is 0 Å². The lowest BCUT2D eigenvalue weighted by atomic mass is 10.2. The monoisotopic (exact) mass is 220 g/mol. The highest BCUT2D eigenvalue weighted by molar-refractivity contribution is 5.80. The molecule has 2 aromatic rings. The first-order valence-electron chi connectivity index (χ1n) is 5.36. The zero-order chi connectivity index (χ0) is 11.5. The molecule has 0 saturated heterocycles. The number of fused-ring (bicyclic) bond motifs is 1. The van der Waals surface area contributed by atoms with E-state index in [0.29, 0.717) is 11.9 Å². The molecule has 0 bridgehead atoms. The average Bonchev–Trinajstić information content (AvgIpc) is 2.28. The van der Waals surface area contributed by atoms with E-state index in [1.165, 1.54) is 6.20 Å². The molecule has 4 heteroatoms. The van der Waals surface area contributed by atoms with Crippen molar-refractivity contribution in [2.24, 2.45) is 0 Å². The van der Waals surface area contributed by atoms with Gasteiger partial charge in [0.2, 0.25) is 0 Å². The Kier molecular flexibility index (Phi) is 2.99. The highest BCUT2D eigenvalue weighted by atomic mass is 19.1. The molecule has 2 heterocycles. The first-order chi connectivity index (χ1) is 7.74. The van der Waals surface area contributed by atoms with Crippen molar-refractivity contribution >= 4 is 10.8 Å². The minimum Gasteiger partial charge on any atom is -0.315 e. The van der Waals surface area contributed by atoms with Gasteiger partial charge in [-0.05, 0) is 12.5 Å². The first kappa shape index (κ1) is 10.8. The molecule has 0 aliphatic rings. The SMILES string of the molecule is CCCCn1ccc2cncc(F)c2c1=O. The molecule has 16 heavy (non-hydrogen) atoms. The van der Waals surface area contributed by atoms with Crippen molar-refractivity contribution in [2.45, 2.75) is 26.3 Å². The number of aromatic nitrogens is 2. The van der Waals surface area contributed by atoms with E-state index >= 15 is 0 Å². The standard InChI is InChI=1S/C12H13FN2O/c1-2-3-5-15-6-4-9-7-14-8-10(13)11(9)12(15)16/h4,6-8H,2-3,5H2,1H3. The molecule has 0 saturated carbocycles. The van der Waals surface area contributed by atoms with E-state index in [1.54, 1.807) is 16.8 Å². The van der Waals surface area contributed by atoms with Crippen molar-refractivity contribution < 1.29 is 4.39 Å². The molecule has 2 rings (SSSR count). The van der Waals surface area contributed by atoms with Gasteiger partial charge in [-0.3, -0.25) is 9.78 Å². The zero-order valence-corrected chi connectivity index (χ0v) is 9.11. The quantitative estimate of drug-likeness (QED) is 0.795. The summed E-state index contributed by atoms with van der Waals surface area (Å²) in [4.78, 5) is 15.7. The summed E-state index contributed by atoms with van der Waals surface area (Å²) >= 11 is 0. The van der Waals surface area contributed by atoms with Crippen LogP contribution in [0.25, 0.3) is 10.8 Å². The van der Waals surface area contributed by atoms with Crippen molar-refractivity contribution in [3.05, 3.63) is 40.8 Å². The second-order valence-corrected chi connectivity index (χ2v) is 3.75. The van der Waals surface area contributed by atoms with Gasteiger partial charge in [-0.2, -0.15) is 0 Å². The second-order valence-electron chi connectivity index (χ2n) is 3.75. The Morgan fingerprint density at radius 1 is 1.44 bits per heavy atom. The maximum absolute atomic E-state index is 13.5. The number of hydrogen-bond acceptors (Lipinski definition) is 2. The van der Waals surface area contributed by atoms with Gasteiger partial charge in [-0.25, -0.2) is 4.39 Å². The summed E-state index contributed by atoms with van der Waals surface area (Å²) in [5.74, 6) is -0.548. The number of rotatable bonds is 3. The Bertz CT molecular complexity index is 562. The molecule has 0 aliphatic carbocycles. The van der Waals surface area contributed by atoms with Crippen LogP contribution in [0, 0.1) is 5.82 Å². The lowest BCUT2D eigenvalue weighted by molar-refractivity contribution is 0.606. The van der Waals surface area contributed by atoms with Crippen LogP contribution in [0.2, 0.25) is 0 Å². The van der Waals surface area contributed by atoms with Gasteiger partial charge in [0.15, 0.2) is 5.82 Å². The number of aryl methyl sites for hydroxylation is 1. The van der Waals surface area contributed by atoms with Crippen molar-refractivity contribution in [3.63, 3.8) is 0 Å². The third-order valence-corrected chi connectivity index (χ3v) is 2.59. The molecule has 0 aliphatic heterocycles. The third kappa shape index (κ3) is 1.83. The second kappa shape index (κ2) is 4.43. The molecule has 2 aromatic heterocycles. The lowest BCUT2D eigenvalue weighted by Crippen LogP contribution is -2.20. The van der Waals surface area contributed by atoms with Crippen LogP contribution in [0.15, 0.2) is 29.5 Å². The van der Waals surface area contributed by atoms with Crippen molar-refractivity contribution in [2.75, 3.05) is 0 Å². The van der Waals surface area contributed by atoms with Crippen molar-refractivity contribution in [1.29, 1.82) is 0 Å². The van der Waals surface area contributed by atoms with Crippen molar-refractivity contribution in [3.8, 4) is 0 Å². The van der Waals surface area contributed by atoms with Crippen LogP contribution in [0.1, 0.15) is 19.8 Å². The smallest absolute Gasteiger partial charge is 0.261 e. The fraction of sp³-hybridized carbons (Fsp3) is 0.333. The maximum Gasteiger partial charge on any atom is 0.261 e. The van der Waals surface area contributed by atoms with Gasteiger partial charge in [-0.1, -0.05) is 13.3 Å². The van der Waals surface area contributed by atoms with Crippen LogP contribution in [-0.2, 0) is 6.54 Å². The Hall–Kier alpha value is -1.71. The van der Waals surface area contributed by atoms with Gasteiger partial charge < -0.3 is 4.57 Å². The number of halogens is 1. The van der Waals surface area contributed by atoms with E-state index in [-0.39, 0.29) is 10.9 Å². The van der Waals surface area contributed by atoms with Gasteiger partial charge in [0.25, 0.3) is 5.56 Å². The Morgan fingerprint density at radius 2 is 2.25 bits per heavy atom. The van der Waals surface area contributed by atoms with Gasteiger partial charge in [0.1, 0.15) is 0 Å². The fourth-order valence-corrected chi connectivity index (χ4v) is 1.69. The van der Waals surface area contributed by atoms with Gasteiger partial charge in [0.05, 0.1) is 11.6 Å². The first-order valence-corrected chi connectivity index (χ1v) is 5.36. The molecular weight excluding hydrogens is 207 g/mol. The molecule has 0 fully saturated rings. The Balaban J connectivity index is 2.60. The molecular formula is C12H13FN2O. The van der Waals surface area contributed by atoms with E-state index in [4.69, 9.17) is 0 Å². The molecule has 0 radical (unpaired) electrons. The van der Waals surface area contributed by atoms with Gasteiger partial charge in [-0.15, -0.1) is 0 Å². The van der Waals surface area contributed by atoms with Crippen LogP contribution in [-0.4, -0.2) is 9.55 Å². The summed E-state index contributed by atoms with van der Waals surface area (Å²) in [6.07, 6.45) is 6.20. The predicted octanol–water partition coefficient (Wildman–Crippen LogP) is 2.34. The van der Waals surface area contributed by atoms with Crippen LogP contribution in [0.3, 0.4) is 0 Å². The molecule has 0 atom stereocenters. The van der Waals surface area contributed by atoms with Crippen LogP contribution < -0.4 is 5.56 Å². The number of pyridine rings is 2. The van der Waals surface area contributed by atoms with Gasteiger partial charge in [0, 0.05) is 24.3 Å². The number of hydrogen-bond donors (Lipinski definition) is 0. The van der Waals surface area contributed by atoms with E-state index in [1.807, 2.05) is 0 Å². The van der Waals surface area contributed by atoms with Crippen LogP contribution >= 0.6 is 0 Å². The third-order valence-electron chi connectivity index (χ3n) is 2.59. The molecule has 0 N–H and O–H groups in total. The summed E-state index contributed by atoms with van der Waals surface area (Å²) in [6, 6.07) is 1.72. The minimum atomic E-state index is -0.548. The average molecular weight is 220 g/mol. The molecule has 0 spiro atoms.